The van der Waals surface area contributed by atoms with Crippen molar-refractivity contribution in [3.8, 4) is 0 Å². The lowest BCUT2D eigenvalue weighted by atomic mass is 10.1. The fourth-order valence-corrected chi connectivity index (χ4v) is 3.31. The molecule has 154 valence electrons. The lowest BCUT2D eigenvalue weighted by molar-refractivity contribution is -0.135. The van der Waals surface area contributed by atoms with Gasteiger partial charge in [-0.05, 0) is 38.8 Å². The molecule has 2 amide bonds. The molecule has 0 radical (unpaired) electrons. The van der Waals surface area contributed by atoms with Gasteiger partial charge in [0.15, 0.2) is 5.69 Å². The lowest BCUT2D eigenvalue weighted by Gasteiger charge is -2.33. The van der Waals surface area contributed by atoms with E-state index in [2.05, 4.69) is 15.5 Å². The second-order valence-corrected chi connectivity index (χ2v) is 6.85. The summed E-state index contributed by atoms with van der Waals surface area (Å²) in [5.41, 5.74) is 6.56. The zero-order valence-corrected chi connectivity index (χ0v) is 16.8. The first kappa shape index (κ1) is 22.1. The van der Waals surface area contributed by atoms with E-state index in [9.17, 15) is 9.59 Å². The van der Waals surface area contributed by atoms with E-state index < -0.39 is 6.04 Å². The van der Waals surface area contributed by atoms with Crippen molar-refractivity contribution in [3.63, 3.8) is 0 Å². The van der Waals surface area contributed by atoms with Gasteiger partial charge in [0, 0.05) is 25.1 Å². The van der Waals surface area contributed by atoms with E-state index in [4.69, 9.17) is 10.5 Å². The summed E-state index contributed by atoms with van der Waals surface area (Å²) in [6.45, 7) is 4.27. The highest BCUT2D eigenvalue weighted by molar-refractivity contribution is 6.05. The topological polar surface area (TPSA) is 113 Å². The summed E-state index contributed by atoms with van der Waals surface area (Å²) in [6, 6.07) is 6.80. The van der Waals surface area contributed by atoms with E-state index in [0.29, 0.717) is 31.9 Å². The number of aromatic amines is 1. The number of hydrogen-bond acceptors (Lipinski definition) is 5. The smallest absolute Gasteiger partial charge is 0.273 e. The van der Waals surface area contributed by atoms with E-state index >= 15 is 0 Å². The van der Waals surface area contributed by atoms with Gasteiger partial charge in [-0.2, -0.15) is 5.10 Å². The summed E-state index contributed by atoms with van der Waals surface area (Å²) in [7, 11) is 0. The summed E-state index contributed by atoms with van der Waals surface area (Å²) >= 11 is 0. The average Bonchev–Trinajstić information content (AvgIpc) is 3.12. The fourth-order valence-electron chi connectivity index (χ4n) is 3.31. The molecule has 9 heteroatoms. The maximum absolute atomic E-state index is 12.7. The van der Waals surface area contributed by atoms with E-state index in [1.165, 1.54) is 0 Å². The SMILES string of the molecule is CC(NC(=O)c1n[nH]c2ccccc12)C(=O)N1CCC(OCCCN)CC1.Cl. The molecule has 2 heterocycles. The standard InChI is InChI=1S/C19H27N5O3.ClH/c1-13(19(26)24-10-7-14(8-11-24)27-12-4-9-20)21-18(25)17-15-5-2-3-6-16(15)22-23-17;/h2-3,5-6,13-14H,4,7-12,20H2,1H3,(H,21,25)(H,22,23);1H. The quantitative estimate of drug-likeness (QED) is 0.599. The molecule has 28 heavy (non-hydrogen) atoms. The van der Waals surface area contributed by atoms with Gasteiger partial charge in [0.2, 0.25) is 5.91 Å². The van der Waals surface area contributed by atoms with Crippen LogP contribution in [0.25, 0.3) is 10.9 Å². The molecule has 8 nitrogen and oxygen atoms in total. The largest absolute Gasteiger partial charge is 0.378 e. The van der Waals surface area contributed by atoms with Gasteiger partial charge in [-0.3, -0.25) is 14.7 Å². The molecule has 0 bridgehead atoms. The number of hydrogen-bond donors (Lipinski definition) is 3. The molecule has 0 spiro atoms. The molecule has 4 N–H and O–H groups in total. The number of fused-ring (bicyclic) bond motifs is 1. The van der Waals surface area contributed by atoms with Gasteiger partial charge in [0.05, 0.1) is 11.6 Å². The number of nitrogens with one attached hydrogen (secondary N) is 2. The number of likely N-dealkylation sites (tertiary alicyclic amines) is 1. The van der Waals surface area contributed by atoms with Gasteiger partial charge in [0.1, 0.15) is 6.04 Å². The third-order valence-corrected chi connectivity index (χ3v) is 4.86. The molecule has 1 fully saturated rings. The van der Waals surface area contributed by atoms with Crippen LogP contribution in [0, 0.1) is 0 Å². The van der Waals surface area contributed by atoms with Gasteiger partial charge in [0.25, 0.3) is 5.91 Å². The molecule has 1 aromatic carbocycles. The van der Waals surface area contributed by atoms with Crippen molar-refractivity contribution >= 4 is 35.1 Å². The molecular weight excluding hydrogens is 382 g/mol. The third-order valence-electron chi connectivity index (χ3n) is 4.86. The van der Waals surface area contributed by atoms with Crippen molar-refractivity contribution in [2.24, 2.45) is 5.73 Å². The number of H-pyrrole nitrogens is 1. The van der Waals surface area contributed by atoms with Crippen molar-refractivity contribution in [2.75, 3.05) is 26.2 Å². The first-order valence-electron chi connectivity index (χ1n) is 9.44. The zero-order chi connectivity index (χ0) is 19.2. The van der Waals surface area contributed by atoms with Gasteiger partial charge in [-0.25, -0.2) is 0 Å². The highest BCUT2D eigenvalue weighted by Crippen LogP contribution is 2.17. The van der Waals surface area contributed by atoms with Crippen molar-refractivity contribution < 1.29 is 14.3 Å². The maximum atomic E-state index is 12.7. The number of nitrogens with zero attached hydrogens (tertiary/aromatic N) is 2. The van der Waals surface area contributed by atoms with Crippen LogP contribution >= 0.6 is 12.4 Å². The van der Waals surface area contributed by atoms with E-state index in [0.717, 1.165) is 30.2 Å². The number of halogens is 1. The zero-order valence-electron chi connectivity index (χ0n) is 16.0. The Morgan fingerprint density at radius 2 is 2.07 bits per heavy atom. The first-order valence-corrected chi connectivity index (χ1v) is 9.44. The maximum Gasteiger partial charge on any atom is 0.273 e. The minimum absolute atomic E-state index is 0. The van der Waals surface area contributed by atoms with Crippen LogP contribution in [-0.4, -0.2) is 65.3 Å². The Labute approximate surface area is 170 Å². The van der Waals surface area contributed by atoms with Crippen LogP contribution in [0.5, 0.6) is 0 Å². The number of benzene rings is 1. The van der Waals surface area contributed by atoms with Crippen LogP contribution in [0.15, 0.2) is 24.3 Å². The summed E-state index contributed by atoms with van der Waals surface area (Å²) in [5, 5.41) is 10.4. The Kier molecular flexibility index (Phi) is 8.22. The summed E-state index contributed by atoms with van der Waals surface area (Å²) in [5.74, 6) is -0.433. The van der Waals surface area contributed by atoms with Gasteiger partial charge < -0.3 is 20.7 Å². The molecule has 0 aliphatic carbocycles. The number of rotatable bonds is 7. The van der Waals surface area contributed by atoms with Crippen LogP contribution in [0.1, 0.15) is 36.7 Å². The van der Waals surface area contributed by atoms with Gasteiger partial charge in [-0.15, -0.1) is 12.4 Å². The van der Waals surface area contributed by atoms with Crippen molar-refractivity contribution in [2.45, 2.75) is 38.3 Å². The van der Waals surface area contributed by atoms with Crippen LogP contribution in [0.3, 0.4) is 0 Å². The van der Waals surface area contributed by atoms with Crippen LogP contribution in [-0.2, 0) is 9.53 Å². The monoisotopic (exact) mass is 409 g/mol. The predicted octanol–water partition coefficient (Wildman–Crippen LogP) is 1.46. The number of para-hydroxylation sites is 1. The number of nitrogens with two attached hydrogens (primary N) is 1. The van der Waals surface area contributed by atoms with Gasteiger partial charge >= 0.3 is 0 Å². The second kappa shape index (κ2) is 10.4. The lowest BCUT2D eigenvalue weighted by Crippen LogP contribution is -2.50. The van der Waals surface area contributed by atoms with E-state index in [-0.39, 0.29) is 30.3 Å². The minimum atomic E-state index is -0.609. The fraction of sp³-hybridized carbons (Fsp3) is 0.526. The Balaban J connectivity index is 0.00000280. The van der Waals surface area contributed by atoms with Crippen LogP contribution in [0.2, 0.25) is 0 Å². The number of carbonyl (C=O) groups is 2. The molecule has 1 aliphatic rings. The van der Waals surface area contributed by atoms with Crippen molar-refractivity contribution in [1.82, 2.24) is 20.4 Å². The molecule has 1 aliphatic heterocycles. The van der Waals surface area contributed by atoms with Gasteiger partial charge in [-0.1, -0.05) is 18.2 Å². The van der Waals surface area contributed by atoms with Crippen LogP contribution in [0.4, 0.5) is 0 Å². The summed E-state index contributed by atoms with van der Waals surface area (Å²) in [6.07, 6.45) is 2.65. The van der Waals surface area contributed by atoms with Crippen molar-refractivity contribution in [1.29, 1.82) is 0 Å². The number of aromatic nitrogens is 2. The van der Waals surface area contributed by atoms with Crippen LogP contribution < -0.4 is 11.1 Å². The first-order chi connectivity index (χ1) is 13.1. The number of amides is 2. The van der Waals surface area contributed by atoms with E-state index in [1.807, 2.05) is 24.3 Å². The number of carbonyl (C=O) groups excluding carboxylic acids is 2. The average molecular weight is 410 g/mol. The Morgan fingerprint density at radius 3 is 2.79 bits per heavy atom. The molecule has 1 aromatic heterocycles. The highest BCUT2D eigenvalue weighted by atomic mass is 35.5. The molecular formula is C19H28ClN5O3. The Hall–Kier alpha value is -2.16. The van der Waals surface area contributed by atoms with Crippen molar-refractivity contribution in [3.05, 3.63) is 30.0 Å². The molecule has 1 saturated heterocycles. The Morgan fingerprint density at radius 1 is 1.36 bits per heavy atom. The molecule has 3 rings (SSSR count). The second-order valence-electron chi connectivity index (χ2n) is 6.85. The number of piperidine rings is 1. The highest BCUT2D eigenvalue weighted by Gasteiger charge is 2.28. The summed E-state index contributed by atoms with van der Waals surface area (Å²) in [4.78, 5) is 27.0. The normalized spacial score (nSPS) is 15.9. The minimum Gasteiger partial charge on any atom is -0.378 e. The Bertz CT molecular complexity index is 789. The third kappa shape index (κ3) is 5.21. The summed E-state index contributed by atoms with van der Waals surface area (Å²) < 4.78 is 5.77. The molecule has 0 saturated carbocycles. The number of ether oxygens (including phenoxy) is 1. The van der Waals surface area contributed by atoms with E-state index in [1.54, 1.807) is 11.8 Å². The molecule has 1 atom stereocenters. The predicted molar refractivity (Wildman–Crippen MR) is 109 cm³/mol. The molecule has 2 aromatic rings. The molecule has 1 unspecified atom stereocenters.